The molecule has 7 nitrogen and oxygen atoms in total. The van der Waals surface area contributed by atoms with Gasteiger partial charge in [-0.15, -0.1) is 5.10 Å². The maximum atomic E-state index is 6.64. The van der Waals surface area contributed by atoms with E-state index in [4.69, 9.17) is 9.84 Å². The van der Waals surface area contributed by atoms with Crippen LogP contribution in [0.5, 0.6) is 5.75 Å². The van der Waals surface area contributed by atoms with E-state index >= 15 is 0 Å². The summed E-state index contributed by atoms with van der Waals surface area (Å²) >= 11 is 0. The smallest absolute Gasteiger partial charge is 0.179 e. The van der Waals surface area contributed by atoms with E-state index in [1.165, 1.54) is 6.42 Å². The molecule has 0 saturated carbocycles. The number of hydrogen-bond donors (Lipinski definition) is 1. The minimum atomic E-state index is -0.0631. The summed E-state index contributed by atoms with van der Waals surface area (Å²) in [4.78, 5) is 2.25. The summed E-state index contributed by atoms with van der Waals surface area (Å²) in [5.74, 6) is 1.68. The average molecular weight is 443 g/mol. The third-order valence-corrected chi connectivity index (χ3v) is 6.33. The van der Waals surface area contributed by atoms with Gasteiger partial charge in [-0.05, 0) is 51.6 Å². The van der Waals surface area contributed by atoms with Gasteiger partial charge in [0.1, 0.15) is 23.1 Å². The predicted molar refractivity (Wildman–Crippen MR) is 131 cm³/mol. The van der Waals surface area contributed by atoms with Crippen LogP contribution in [0.2, 0.25) is 0 Å². The fourth-order valence-corrected chi connectivity index (χ4v) is 4.41. The van der Waals surface area contributed by atoms with Gasteiger partial charge in [0.2, 0.25) is 0 Å². The van der Waals surface area contributed by atoms with Crippen LogP contribution >= 0.6 is 0 Å². The number of aromatic nitrogens is 4. The van der Waals surface area contributed by atoms with Crippen LogP contribution in [0, 0.1) is 13.8 Å². The van der Waals surface area contributed by atoms with Crippen LogP contribution in [0.3, 0.4) is 0 Å². The summed E-state index contributed by atoms with van der Waals surface area (Å²) in [5.41, 5.74) is 4.93. The molecule has 0 aliphatic carbocycles. The van der Waals surface area contributed by atoms with Crippen LogP contribution in [0.15, 0.2) is 54.6 Å². The first-order valence-electron chi connectivity index (χ1n) is 11.6. The van der Waals surface area contributed by atoms with Crippen molar-refractivity contribution in [2.24, 2.45) is 0 Å². The third-order valence-electron chi connectivity index (χ3n) is 6.33. The van der Waals surface area contributed by atoms with E-state index in [1.54, 1.807) is 0 Å². The van der Waals surface area contributed by atoms with Crippen LogP contribution in [-0.4, -0.2) is 46.7 Å². The lowest BCUT2D eigenvalue weighted by Crippen LogP contribution is -2.38. The predicted octanol–water partition coefficient (Wildman–Crippen LogP) is 4.37. The van der Waals surface area contributed by atoms with Crippen molar-refractivity contribution in [3.63, 3.8) is 0 Å². The van der Waals surface area contributed by atoms with E-state index in [0.717, 1.165) is 71.2 Å². The van der Waals surface area contributed by atoms with E-state index < -0.39 is 0 Å². The zero-order valence-electron chi connectivity index (χ0n) is 19.5. The van der Waals surface area contributed by atoms with E-state index in [1.807, 2.05) is 42.9 Å². The first-order chi connectivity index (χ1) is 16.2. The molecular formula is C26H30N6O. The number of ether oxygens (including phenoxy) is 1. The van der Waals surface area contributed by atoms with Crippen molar-refractivity contribution in [2.45, 2.75) is 32.8 Å². The number of nitrogens with zero attached hydrogens (tertiary/aromatic N) is 5. The molecule has 2 aromatic heterocycles. The Hall–Kier alpha value is -3.45. The van der Waals surface area contributed by atoms with Gasteiger partial charge in [0, 0.05) is 19.5 Å². The number of benzene rings is 2. The lowest BCUT2D eigenvalue weighted by atomic mass is 10.1. The van der Waals surface area contributed by atoms with E-state index in [-0.39, 0.29) is 6.10 Å². The van der Waals surface area contributed by atoms with Gasteiger partial charge in [-0.25, -0.2) is 4.68 Å². The number of aryl methyl sites for hydroxylation is 2. The van der Waals surface area contributed by atoms with Gasteiger partial charge in [-0.3, -0.25) is 0 Å². The molecular weight excluding hydrogens is 412 g/mol. The first kappa shape index (κ1) is 21.4. The van der Waals surface area contributed by atoms with Crippen molar-refractivity contribution >= 4 is 16.7 Å². The van der Waals surface area contributed by atoms with Gasteiger partial charge >= 0.3 is 0 Å². The summed E-state index contributed by atoms with van der Waals surface area (Å²) < 4.78 is 8.62. The van der Waals surface area contributed by atoms with Crippen molar-refractivity contribution < 1.29 is 4.74 Å². The summed E-state index contributed by atoms with van der Waals surface area (Å²) in [6, 6.07) is 18.5. The maximum Gasteiger partial charge on any atom is 0.179 e. The summed E-state index contributed by atoms with van der Waals surface area (Å²) in [6.45, 7) is 6.96. The molecule has 1 N–H and O–H groups in total. The lowest BCUT2D eigenvalue weighted by Gasteiger charge is -2.31. The molecule has 1 saturated heterocycles. The number of fused-ring (bicyclic) bond motifs is 1. The Morgan fingerprint density at radius 3 is 2.48 bits per heavy atom. The Balaban J connectivity index is 1.57. The van der Waals surface area contributed by atoms with Crippen LogP contribution in [0.1, 0.15) is 35.9 Å². The number of hydrogen-bond acceptors (Lipinski definition) is 6. The molecule has 1 atom stereocenters. The summed E-state index contributed by atoms with van der Waals surface area (Å²) in [5, 5.41) is 18.3. The molecule has 1 aliphatic heterocycles. The van der Waals surface area contributed by atoms with Crippen molar-refractivity contribution in [3.8, 4) is 11.4 Å². The van der Waals surface area contributed by atoms with Gasteiger partial charge in [0.25, 0.3) is 0 Å². The van der Waals surface area contributed by atoms with Crippen LogP contribution in [0.25, 0.3) is 16.6 Å². The zero-order chi connectivity index (χ0) is 22.8. The van der Waals surface area contributed by atoms with Gasteiger partial charge in [-0.2, -0.15) is 10.2 Å². The highest BCUT2D eigenvalue weighted by atomic mass is 16.5. The maximum absolute atomic E-state index is 6.64. The quantitative estimate of drug-likeness (QED) is 0.437. The molecule has 170 valence electrons. The molecule has 0 spiro atoms. The van der Waals surface area contributed by atoms with Gasteiger partial charge in [-0.1, -0.05) is 42.5 Å². The Kier molecular flexibility index (Phi) is 5.96. The van der Waals surface area contributed by atoms with Crippen molar-refractivity contribution in [1.82, 2.24) is 25.3 Å². The Morgan fingerprint density at radius 2 is 1.76 bits per heavy atom. The van der Waals surface area contributed by atoms with Gasteiger partial charge in [0.05, 0.1) is 16.8 Å². The monoisotopic (exact) mass is 442 g/mol. The number of nitrogens with one attached hydrogen (secondary N) is 1. The van der Waals surface area contributed by atoms with Crippen LogP contribution in [-0.2, 0) is 0 Å². The largest absolute Gasteiger partial charge is 0.483 e. The molecule has 4 aromatic rings. The normalized spacial score (nSPS) is 14.3. The molecule has 0 amide bonds. The highest BCUT2D eigenvalue weighted by Crippen LogP contribution is 2.35. The molecule has 0 bridgehead atoms. The number of rotatable bonds is 8. The van der Waals surface area contributed by atoms with E-state index in [0.29, 0.717) is 0 Å². The minimum Gasteiger partial charge on any atom is -0.483 e. The topological polar surface area (TPSA) is 68.1 Å². The molecule has 5 rings (SSSR count). The fourth-order valence-electron chi connectivity index (χ4n) is 4.41. The van der Waals surface area contributed by atoms with Crippen LogP contribution in [0.4, 0.5) is 5.82 Å². The SMILES string of the molecule is CNCCC(Oc1ccccc1-n1nc2c(N3CCC3)nnc(C)c2c1C)c1ccccc1. The summed E-state index contributed by atoms with van der Waals surface area (Å²) in [6.07, 6.45) is 1.98. The highest BCUT2D eigenvalue weighted by Gasteiger charge is 2.25. The molecule has 1 fully saturated rings. The second-order valence-electron chi connectivity index (χ2n) is 8.55. The number of para-hydroxylation sites is 2. The third kappa shape index (κ3) is 4.04. The van der Waals surface area contributed by atoms with Crippen molar-refractivity contribution in [2.75, 3.05) is 31.6 Å². The van der Waals surface area contributed by atoms with Gasteiger partial charge in [0.15, 0.2) is 5.82 Å². The highest BCUT2D eigenvalue weighted by molar-refractivity contribution is 5.92. The standard InChI is InChI=1S/C26H30N6O/c1-18-24-19(2)32(30-25(24)26(29-28-18)31-16-9-17-31)21-12-7-8-13-23(21)33-22(14-15-27-3)20-10-5-4-6-11-20/h4-8,10-13,22,27H,9,14-17H2,1-3H3. The minimum absolute atomic E-state index is 0.0631. The van der Waals surface area contributed by atoms with E-state index in [9.17, 15) is 0 Å². The Bertz CT molecular complexity index is 1250. The molecule has 33 heavy (non-hydrogen) atoms. The molecule has 7 heteroatoms. The fraction of sp³-hybridized carbons (Fsp3) is 0.346. The molecule has 1 aliphatic rings. The van der Waals surface area contributed by atoms with Crippen LogP contribution < -0.4 is 15.0 Å². The molecule has 3 heterocycles. The number of anilines is 1. The average Bonchev–Trinajstić information content (AvgIpc) is 3.16. The Morgan fingerprint density at radius 1 is 1.00 bits per heavy atom. The zero-order valence-corrected chi connectivity index (χ0v) is 19.5. The Labute approximate surface area is 194 Å². The van der Waals surface area contributed by atoms with Gasteiger partial charge < -0.3 is 15.0 Å². The molecule has 0 radical (unpaired) electrons. The van der Waals surface area contributed by atoms with E-state index in [2.05, 4.69) is 57.7 Å². The second kappa shape index (κ2) is 9.19. The lowest BCUT2D eigenvalue weighted by molar-refractivity contribution is 0.194. The molecule has 2 aromatic carbocycles. The second-order valence-corrected chi connectivity index (χ2v) is 8.55. The first-order valence-corrected chi connectivity index (χ1v) is 11.6. The van der Waals surface area contributed by atoms with Crippen molar-refractivity contribution in [3.05, 3.63) is 71.5 Å². The summed E-state index contributed by atoms with van der Waals surface area (Å²) in [7, 11) is 1.97. The molecule has 1 unspecified atom stereocenters. The van der Waals surface area contributed by atoms with Crippen molar-refractivity contribution in [1.29, 1.82) is 0 Å².